The zero-order valence-corrected chi connectivity index (χ0v) is 18.1. The van der Waals surface area contributed by atoms with Crippen molar-refractivity contribution in [2.75, 3.05) is 5.32 Å². The van der Waals surface area contributed by atoms with Gasteiger partial charge in [0.1, 0.15) is 22.3 Å². The standard InChI is InChI=1S/C22H14Cl2N2O4S/c23-17-6-9-20(10-7-17)31(28,29)30-21-11-8-18(24)13-15(21)12-16(14-25)22(27)26-19-4-2-1-3-5-19/h1-13H,(H,26,27)/b16-12+. The molecule has 0 saturated heterocycles. The van der Waals surface area contributed by atoms with Gasteiger partial charge in [0.25, 0.3) is 5.91 Å². The SMILES string of the molecule is N#C/C(=C\c1cc(Cl)ccc1OS(=O)(=O)c1ccc(Cl)cc1)C(=O)Nc1ccccc1. The number of hydrogen-bond donors (Lipinski definition) is 1. The fraction of sp³-hybridized carbons (Fsp3) is 0. The van der Waals surface area contributed by atoms with Crippen LogP contribution in [0.15, 0.2) is 83.3 Å². The van der Waals surface area contributed by atoms with Crippen molar-refractivity contribution in [2.24, 2.45) is 0 Å². The maximum Gasteiger partial charge on any atom is 0.339 e. The molecular formula is C22H14Cl2N2O4S. The molecule has 0 spiro atoms. The molecule has 0 unspecified atom stereocenters. The Morgan fingerprint density at radius 3 is 2.26 bits per heavy atom. The average molecular weight is 473 g/mol. The summed E-state index contributed by atoms with van der Waals surface area (Å²) in [6, 6.07) is 20.0. The topological polar surface area (TPSA) is 96.3 Å². The highest BCUT2D eigenvalue weighted by Crippen LogP contribution is 2.29. The summed E-state index contributed by atoms with van der Waals surface area (Å²) in [5.74, 6) is -0.764. The summed E-state index contributed by atoms with van der Waals surface area (Å²) in [5.41, 5.74) is 0.381. The number of anilines is 1. The van der Waals surface area contributed by atoms with E-state index in [1.165, 1.54) is 48.5 Å². The second-order valence-electron chi connectivity index (χ2n) is 6.16. The number of halogens is 2. The van der Waals surface area contributed by atoms with Crippen molar-refractivity contribution in [1.82, 2.24) is 0 Å². The van der Waals surface area contributed by atoms with Gasteiger partial charge in [0.05, 0.1) is 0 Å². The normalized spacial score (nSPS) is 11.5. The number of hydrogen-bond acceptors (Lipinski definition) is 5. The second kappa shape index (κ2) is 9.67. The van der Waals surface area contributed by atoms with Gasteiger partial charge in [-0.15, -0.1) is 0 Å². The van der Waals surface area contributed by atoms with Crippen molar-refractivity contribution >= 4 is 51.0 Å². The first-order valence-corrected chi connectivity index (χ1v) is 10.9. The molecule has 0 aliphatic carbocycles. The van der Waals surface area contributed by atoms with Gasteiger partial charge in [-0.3, -0.25) is 4.79 Å². The van der Waals surface area contributed by atoms with E-state index in [4.69, 9.17) is 27.4 Å². The lowest BCUT2D eigenvalue weighted by Gasteiger charge is -2.11. The molecule has 0 aromatic heterocycles. The zero-order valence-electron chi connectivity index (χ0n) is 15.7. The van der Waals surface area contributed by atoms with E-state index in [-0.39, 0.29) is 26.8 Å². The molecule has 0 aliphatic rings. The molecule has 1 N–H and O–H groups in total. The molecule has 3 rings (SSSR count). The zero-order chi connectivity index (χ0) is 22.4. The number of nitriles is 1. The molecular weight excluding hydrogens is 459 g/mol. The lowest BCUT2D eigenvalue weighted by atomic mass is 10.1. The van der Waals surface area contributed by atoms with Crippen molar-refractivity contribution in [2.45, 2.75) is 4.90 Å². The smallest absolute Gasteiger partial charge is 0.339 e. The fourth-order valence-electron chi connectivity index (χ4n) is 2.50. The third-order valence-corrected chi connectivity index (χ3v) is 5.71. The molecule has 9 heteroatoms. The van der Waals surface area contributed by atoms with Crippen molar-refractivity contribution in [3.8, 4) is 11.8 Å². The van der Waals surface area contributed by atoms with E-state index in [2.05, 4.69) is 5.32 Å². The van der Waals surface area contributed by atoms with Crippen LogP contribution in [0.3, 0.4) is 0 Å². The summed E-state index contributed by atoms with van der Waals surface area (Å²) >= 11 is 11.8. The summed E-state index contributed by atoms with van der Waals surface area (Å²) < 4.78 is 30.5. The molecule has 156 valence electrons. The molecule has 0 fully saturated rings. The number of amides is 1. The van der Waals surface area contributed by atoms with Crippen LogP contribution in [-0.2, 0) is 14.9 Å². The molecule has 0 atom stereocenters. The van der Waals surface area contributed by atoms with Crippen LogP contribution in [0.5, 0.6) is 5.75 Å². The van der Waals surface area contributed by atoms with Crippen LogP contribution in [-0.4, -0.2) is 14.3 Å². The van der Waals surface area contributed by atoms with Crippen LogP contribution in [0.4, 0.5) is 5.69 Å². The van der Waals surface area contributed by atoms with E-state index in [0.29, 0.717) is 10.7 Å². The van der Waals surface area contributed by atoms with Gasteiger partial charge in [0, 0.05) is 21.3 Å². The molecule has 0 heterocycles. The van der Waals surface area contributed by atoms with Crippen LogP contribution in [0, 0.1) is 11.3 Å². The summed E-state index contributed by atoms with van der Waals surface area (Å²) in [6.45, 7) is 0. The molecule has 0 aliphatic heterocycles. The maximum absolute atomic E-state index is 12.6. The van der Waals surface area contributed by atoms with E-state index in [1.54, 1.807) is 36.4 Å². The van der Waals surface area contributed by atoms with Gasteiger partial charge in [0.15, 0.2) is 0 Å². The number of rotatable bonds is 6. The minimum absolute atomic E-state index is 0.0976. The molecule has 1 amide bonds. The van der Waals surface area contributed by atoms with Gasteiger partial charge >= 0.3 is 10.1 Å². The van der Waals surface area contributed by atoms with Crippen LogP contribution in [0.2, 0.25) is 10.0 Å². The Kier molecular flexibility index (Phi) is 6.98. The summed E-state index contributed by atoms with van der Waals surface area (Å²) in [7, 11) is -4.19. The van der Waals surface area contributed by atoms with E-state index >= 15 is 0 Å². The molecule has 3 aromatic carbocycles. The van der Waals surface area contributed by atoms with E-state index in [9.17, 15) is 18.5 Å². The Morgan fingerprint density at radius 2 is 1.61 bits per heavy atom. The van der Waals surface area contributed by atoms with Crippen molar-refractivity contribution in [3.05, 3.63) is 94.0 Å². The largest absolute Gasteiger partial charge is 0.378 e. The number of para-hydroxylation sites is 1. The first kappa shape index (κ1) is 22.4. The lowest BCUT2D eigenvalue weighted by molar-refractivity contribution is -0.112. The Labute approximate surface area is 189 Å². The van der Waals surface area contributed by atoms with Gasteiger partial charge in [-0.05, 0) is 60.7 Å². The van der Waals surface area contributed by atoms with Crippen molar-refractivity contribution < 1.29 is 17.4 Å². The van der Waals surface area contributed by atoms with E-state index in [0.717, 1.165) is 0 Å². The average Bonchev–Trinajstić information content (AvgIpc) is 2.74. The van der Waals surface area contributed by atoms with Crippen molar-refractivity contribution in [1.29, 1.82) is 5.26 Å². The highest BCUT2D eigenvalue weighted by molar-refractivity contribution is 7.87. The van der Waals surface area contributed by atoms with E-state index in [1.807, 2.05) is 0 Å². The Bertz CT molecular complexity index is 1280. The molecule has 6 nitrogen and oxygen atoms in total. The molecule has 0 saturated carbocycles. The van der Waals surface area contributed by atoms with Crippen LogP contribution in [0.1, 0.15) is 5.56 Å². The predicted octanol–water partition coefficient (Wildman–Crippen LogP) is 5.31. The Morgan fingerprint density at radius 1 is 0.968 bits per heavy atom. The fourth-order valence-corrected chi connectivity index (χ4v) is 3.76. The second-order valence-corrected chi connectivity index (χ2v) is 8.58. The predicted molar refractivity (Wildman–Crippen MR) is 119 cm³/mol. The lowest BCUT2D eigenvalue weighted by Crippen LogP contribution is -2.13. The third-order valence-electron chi connectivity index (χ3n) is 3.97. The first-order chi connectivity index (χ1) is 14.8. The quantitative estimate of drug-likeness (QED) is 0.298. The van der Waals surface area contributed by atoms with Gasteiger partial charge < -0.3 is 9.50 Å². The number of carbonyl (C=O) groups excluding carboxylic acids is 1. The van der Waals surface area contributed by atoms with Gasteiger partial charge in [0.2, 0.25) is 0 Å². The van der Waals surface area contributed by atoms with Gasteiger partial charge in [-0.25, -0.2) is 0 Å². The molecule has 3 aromatic rings. The van der Waals surface area contributed by atoms with Crippen LogP contribution >= 0.6 is 23.2 Å². The highest BCUT2D eigenvalue weighted by Gasteiger charge is 2.19. The number of carbonyl (C=O) groups is 1. The summed E-state index contributed by atoms with van der Waals surface area (Å²) in [4.78, 5) is 12.4. The van der Waals surface area contributed by atoms with Crippen LogP contribution < -0.4 is 9.50 Å². The molecule has 0 bridgehead atoms. The first-order valence-electron chi connectivity index (χ1n) is 8.76. The molecule has 0 radical (unpaired) electrons. The molecule has 31 heavy (non-hydrogen) atoms. The minimum atomic E-state index is -4.19. The maximum atomic E-state index is 12.6. The van der Waals surface area contributed by atoms with Gasteiger partial charge in [-0.2, -0.15) is 13.7 Å². The summed E-state index contributed by atoms with van der Waals surface area (Å²) in [6.07, 6.45) is 1.21. The van der Waals surface area contributed by atoms with Gasteiger partial charge in [-0.1, -0.05) is 41.4 Å². The Balaban J connectivity index is 1.94. The number of benzene rings is 3. The van der Waals surface area contributed by atoms with E-state index < -0.39 is 16.0 Å². The Hall–Kier alpha value is -3.31. The highest BCUT2D eigenvalue weighted by atomic mass is 35.5. The number of nitrogens with zero attached hydrogens (tertiary/aromatic N) is 1. The minimum Gasteiger partial charge on any atom is -0.378 e. The van der Waals surface area contributed by atoms with Crippen LogP contribution in [0.25, 0.3) is 6.08 Å². The number of nitrogens with one attached hydrogen (secondary N) is 1. The van der Waals surface area contributed by atoms with Crippen molar-refractivity contribution in [3.63, 3.8) is 0 Å². The third kappa shape index (κ3) is 5.86. The summed E-state index contributed by atoms with van der Waals surface area (Å²) in [5, 5.41) is 12.7. The monoisotopic (exact) mass is 472 g/mol.